The summed E-state index contributed by atoms with van der Waals surface area (Å²) in [7, 11) is -3.53. The van der Waals surface area contributed by atoms with Gasteiger partial charge >= 0.3 is 0 Å². The molecule has 1 N–H and O–H groups in total. The Labute approximate surface area is 125 Å². The fourth-order valence-corrected chi connectivity index (χ4v) is 4.96. The summed E-state index contributed by atoms with van der Waals surface area (Å²) in [5.41, 5.74) is 3.44. The van der Waals surface area contributed by atoms with E-state index in [1.807, 2.05) is 25.1 Å². The highest BCUT2D eigenvalue weighted by Gasteiger charge is 2.35. The Bertz CT molecular complexity index is 760. The van der Waals surface area contributed by atoms with Gasteiger partial charge < -0.3 is 0 Å². The number of aromatic amines is 1. The molecular weight excluding hydrogens is 286 g/mol. The third kappa shape index (κ3) is 2.28. The lowest BCUT2D eigenvalue weighted by atomic mass is 9.97. The van der Waals surface area contributed by atoms with Crippen molar-refractivity contribution >= 4 is 10.0 Å². The number of aromatic nitrogens is 2. The van der Waals surface area contributed by atoms with Gasteiger partial charge in [-0.3, -0.25) is 5.10 Å². The van der Waals surface area contributed by atoms with Crippen LogP contribution in [0.2, 0.25) is 0 Å². The summed E-state index contributed by atoms with van der Waals surface area (Å²) in [6, 6.07) is 7.97. The molecule has 3 rings (SSSR count). The lowest BCUT2D eigenvalue weighted by molar-refractivity contribution is 0.309. The summed E-state index contributed by atoms with van der Waals surface area (Å²) in [4.78, 5) is 0.314. The van der Waals surface area contributed by atoms with Gasteiger partial charge in [-0.25, -0.2) is 8.42 Å². The van der Waals surface area contributed by atoms with E-state index in [0.29, 0.717) is 22.8 Å². The van der Waals surface area contributed by atoms with Crippen LogP contribution < -0.4 is 0 Å². The van der Waals surface area contributed by atoms with Crippen molar-refractivity contribution in [3.8, 4) is 0 Å². The lowest BCUT2D eigenvalue weighted by Crippen LogP contribution is -2.42. The van der Waals surface area contributed by atoms with Crippen LogP contribution in [0.3, 0.4) is 0 Å². The molecule has 1 aliphatic heterocycles. The summed E-state index contributed by atoms with van der Waals surface area (Å²) in [5.74, 6) is 0. The topological polar surface area (TPSA) is 66.1 Å². The number of sulfonamides is 1. The minimum atomic E-state index is -3.53. The third-order valence-corrected chi connectivity index (χ3v) is 6.30. The fraction of sp³-hybridized carbons (Fsp3) is 0.400. The highest BCUT2D eigenvalue weighted by Crippen LogP contribution is 2.30. The maximum absolute atomic E-state index is 13.0. The predicted octanol–water partition coefficient (Wildman–Crippen LogP) is 2.16. The molecule has 0 amide bonds. The van der Waals surface area contributed by atoms with E-state index in [-0.39, 0.29) is 6.04 Å². The van der Waals surface area contributed by atoms with Crippen molar-refractivity contribution in [1.82, 2.24) is 14.5 Å². The van der Waals surface area contributed by atoms with Gasteiger partial charge in [0, 0.05) is 12.6 Å². The van der Waals surface area contributed by atoms with Crippen LogP contribution in [0.4, 0.5) is 0 Å². The first-order valence-corrected chi connectivity index (χ1v) is 8.45. The second-order valence-electron chi connectivity index (χ2n) is 5.64. The minimum Gasteiger partial charge on any atom is -0.281 e. The summed E-state index contributed by atoms with van der Waals surface area (Å²) in [6.45, 7) is 5.84. The molecule has 1 aromatic carbocycles. The Morgan fingerprint density at radius 2 is 1.90 bits per heavy atom. The number of hydrogen-bond donors (Lipinski definition) is 1. The average molecular weight is 305 g/mol. The number of H-pyrrole nitrogens is 1. The molecule has 0 aliphatic carbocycles. The van der Waals surface area contributed by atoms with Gasteiger partial charge in [-0.05, 0) is 38.3 Å². The molecule has 0 fully saturated rings. The van der Waals surface area contributed by atoms with E-state index in [2.05, 4.69) is 16.3 Å². The number of aryl methyl sites for hydroxylation is 2. The molecule has 1 unspecified atom stereocenters. The van der Waals surface area contributed by atoms with Gasteiger partial charge in [-0.1, -0.05) is 24.3 Å². The Balaban J connectivity index is 2.05. The highest BCUT2D eigenvalue weighted by atomic mass is 32.2. The van der Waals surface area contributed by atoms with Crippen LogP contribution in [0.5, 0.6) is 0 Å². The number of nitrogens with one attached hydrogen (secondary N) is 1. The number of nitrogens with zero attached hydrogens (tertiary/aromatic N) is 2. The Kier molecular flexibility index (Phi) is 3.37. The lowest BCUT2D eigenvalue weighted by Gasteiger charge is -2.33. The minimum absolute atomic E-state index is 0.0569. The molecule has 0 bridgehead atoms. The van der Waals surface area contributed by atoms with Crippen molar-refractivity contribution < 1.29 is 8.42 Å². The van der Waals surface area contributed by atoms with Crippen LogP contribution in [0, 0.1) is 13.8 Å². The van der Waals surface area contributed by atoms with Gasteiger partial charge in [0.25, 0.3) is 0 Å². The largest absolute Gasteiger partial charge is 0.281 e. The van der Waals surface area contributed by atoms with Gasteiger partial charge in [-0.15, -0.1) is 0 Å². The first kappa shape index (κ1) is 14.3. The number of hydrogen-bond acceptors (Lipinski definition) is 3. The quantitative estimate of drug-likeness (QED) is 0.924. The zero-order valence-electron chi connectivity index (χ0n) is 12.4. The molecule has 0 spiro atoms. The summed E-state index contributed by atoms with van der Waals surface area (Å²) in [6.07, 6.45) is 0.741. The summed E-state index contributed by atoms with van der Waals surface area (Å²) < 4.78 is 27.5. The Hall–Kier alpha value is -1.66. The van der Waals surface area contributed by atoms with Gasteiger partial charge in [0.2, 0.25) is 10.0 Å². The molecule has 1 atom stereocenters. The van der Waals surface area contributed by atoms with E-state index >= 15 is 0 Å². The highest BCUT2D eigenvalue weighted by molar-refractivity contribution is 7.89. The van der Waals surface area contributed by atoms with E-state index < -0.39 is 10.0 Å². The molecule has 21 heavy (non-hydrogen) atoms. The van der Waals surface area contributed by atoms with Crippen molar-refractivity contribution in [2.75, 3.05) is 0 Å². The zero-order chi connectivity index (χ0) is 15.2. The predicted molar refractivity (Wildman–Crippen MR) is 80.4 cm³/mol. The van der Waals surface area contributed by atoms with Gasteiger partial charge in [0.1, 0.15) is 4.90 Å². The molecule has 5 nitrogen and oxygen atoms in total. The fourth-order valence-electron chi connectivity index (χ4n) is 3.01. The summed E-state index contributed by atoms with van der Waals surface area (Å²) in [5, 5.41) is 6.78. The molecule has 112 valence electrons. The van der Waals surface area contributed by atoms with Crippen LogP contribution >= 0.6 is 0 Å². The second-order valence-corrected chi connectivity index (χ2v) is 7.46. The smallest absolute Gasteiger partial charge is 0.247 e. The Morgan fingerprint density at radius 1 is 1.24 bits per heavy atom. The van der Waals surface area contributed by atoms with Crippen molar-refractivity contribution in [3.05, 3.63) is 46.8 Å². The number of fused-ring (bicyclic) bond motifs is 1. The Morgan fingerprint density at radius 3 is 2.52 bits per heavy atom. The molecule has 0 radical (unpaired) electrons. The molecule has 6 heteroatoms. The van der Waals surface area contributed by atoms with E-state index in [1.54, 1.807) is 18.2 Å². The van der Waals surface area contributed by atoms with Gasteiger partial charge in [-0.2, -0.15) is 9.40 Å². The second kappa shape index (κ2) is 4.96. The molecule has 1 aliphatic rings. The van der Waals surface area contributed by atoms with Gasteiger partial charge in [0.05, 0.1) is 11.4 Å². The van der Waals surface area contributed by atoms with E-state index in [0.717, 1.165) is 12.0 Å². The molecular formula is C15H19N3O2S. The van der Waals surface area contributed by atoms with Crippen LogP contribution in [0.15, 0.2) is 29.2 Å². The number of rotatable bonds is 2. The van der Waals surface area contributed by atoms with E-state index in [9.17, 15) is 8.42 Å². The normalized spacial score (nSPS) is 19.5. The van der Waals surface area contributed by atoms with Crippen LogP contribution in [0.1, 0.15) is 29.4 Å². The first-order valence-electron chi connectivity index (χ1n) is 7.01. The maximum Gasteiger partial charge on any atom is 0.247 e. The van der Waals surface area contributed by atoms with Crippen molar-refractivity contribution in [1.29, 1.82) is 0 Å². The number of benzene rings is 1. The molecule has 1 aromatic heterocycles. The monoisotopic (exact) mass is 305 g/mol. The third-order valence-electron chi connectivity index (χ3n) is 4.08. The van der Waals surface area contributed by atoms with Crippen molar-refractivity contribution in [3.63, 3.8) is 0 Å². The van der Waals surface area contributed by atoms with Crippen molar-refractivity contribution in [2.24, 2.45) is 0 Å². The zero-order valence-corrected chi connectivity index (χ0v) is 13.2. The van der Waals surface area contributed by atoms with Gasteiger partial charge in [0.15, 0.2) is 0 Å². The molecule has 2 heterocycles. The standard InChI is InChI=1S/C15H19N3O2S/c1-10-8-13-6-4-5-7-14(13)9-18(10)21(19,20)15-11(2)16-17-12(15)3/h4-7,10H,8-9H2,1-3H3,(H,16,17). The average Bonchev–Trinajstić information content (AvgIpc) is 2.77. The van der Waals surface area contributed by atoms with Crippen LogP contribution in [-0.2, 0) is 23.0 Å². The molecule has 0 saturated heterocycles. The maximum atomic E-state index is 13.0. The van der Waals surface area contributed by atoms with Crippen LogP contribution in [-0.4, -0.2) is 29.0 Å². The molecule has 2 aromatic rings. The molecule has 0 saturated carbocycles. The summed E-state index contributed by atoms with van der Waals surface area (Å²) >= 11 is 0. The van der Waals surface area contributed by atoms with Crippen molar-refractivity contribution in [2.45, 2.75) is 44.7 Å². The SMILES string of the molecule is Cc1n[nH]c(C)c1S(=O)(=O)N1Cc2ccccc2CC1C. The van der Waals surface area contributed by atoms with E-state index in [4.69, 9.17) is 0 Å². The van der Waals surface area contributed by atoms with Crippen LogP contribution in [0.25, 0.3) is 0 Å². The first-order chi connectivity index (χ1) is 9.91. The van der Waals surface area contributed by atoms with E-state index in [1.165, 1.54) is 5.56 Å².